The van der Waals surface area contributed by atoms with Gasteiger partial charge in [0.05, 0.1) is 12.8 Å². The molecule has 0 amide bonds. The van der Waals surface area contributed by atoms with E-state index in [4.69, 9.17) is 4.74 Å². The molecule has 2 aromatic rings. The summed E-state index contributed by atoms with van der Waals surface area (Å²) < 4.78 is 5.16. The quantitative estimate of drug-likeness (QED) is 0.603. The maximum Gasteiger partial charge on any atom is 0.190 e. The number of methoxy groups -OCH3 is 1. The highest BCUT2D eigenvalue weighted by atomic mass is 32.2. The third-order valence-corrected chi connectivity index (χ3v) is 3.82. The fourth-order valence-electron chi connectivity index (χ4n) is 1.70. The zero-order chi connectivity index (χ0) is 15.2. The van der Waals surface area contributed by atoms with Crippen molar-refractivity contribution in [2.75, 3.05) is 26.1 Å². The van der Waals surface area contributed by atoms with E-state index in [1.54, 1.807) is 24.9 Å². The standard InChI is InChI=1S/C16H19N3OS/c1-5-13-10-15(19(2)3)18-16(17-13)21-11-12-6-8-14(20-4)9-7-12/h5-10H,1,11H2,2-4H3. The van der Waals surface area contributed by atoms with E-state index in [1.807, 2.05) is 37.2 Å². The summed E-state index contributed by atoms with van der Waals surface area (Å²) in [5.74, 6) is 2.57. The molecule has 21 heavy (non-hydrogen) atoms. The molecule has 0 atom stereocenters. The molecule has 0 aliphatic rings. The number of hydrogen-bond acceptors (Lipinski definition) is 5. The van der Waals surface area contributed by atoms with Gasteiger partial charge >= 0.3 is 0 Å². The number of anilines is 1. The predicted octanol–water partition coefficient (Wildman–Crippen LogP) is 3.49. The molecule has 0 fully saturated rings. The van der Waals surface area contributed by atoms with Crippen molar-refractivity contribution < 1.29 is 4.74 Å². The number of thioether (sulfide) groups is 1. The highest BCUT2D eigenvalue weighted by molar-refractivity contribution is 7.98. The smallest absolute Gasteiger partial charge is 0.190 e. The molecule has 2 rings (SSSR count). The zero-order valence-corrected chi connectivity index (χ0v) is 13.4. The van der Waals surface area contributed by atoms with E-state index in [0.29, 0.717) is 0 Å². The maximum absolute atomic E-state index is 5.16. The van der Waals surface area contributed by atoms with Crippen LogP contribution in [0.15, 0.2) is 42.1 Å². The first-order valence-corrected chi connectivity index (χ1v) is 7.55. The van der Waals surface area contributed by atoms with E-state index in [1.165, 1.54) is 5.56 Å². The molecule has 0 bridgehead atoms. The summed E-state index contributed by atoms with van der Waals surface area (Å²) in [5, 5.41) is 0.756. The van der Waals surface area contributed by atoms with Crippen molar-refractivity contribution in [1.82, 2.24) is 9.97 Å². The van der Waals surface area contributed by atoms with Gasteiger partial charge in [0, 0.05) is 25.9 Å². The second-order valence-corrected chi connectivity index (χ2v) is 5.61. The van der Waals surface area contributed by atoms with Gasteiger partial charge < -0.3 is 9.64 Å². The van der Waals surface area contributed by atoms with Crippen molar-refractivity contribution in [3.05, 3.63) is 48.2 Å². The third kappa shape index (κ3) is 4.23. The van der Waals surface area contributed by atoms with Gasteiger partial charge in [-0.25, -0.2) is 9.97 Å². The first-order valence-electron chi connectivity index (χ1n) is 6.57. The van der Waals surface area contributed by atoms with Crippen LogP contribution in [0.2, 0.25) is 0 Å². The van der Waals surface area contributed by atoms with Gasteiger partial charge in [0.15, 0.2) is 5.16 Å². The van der Waals surface area contributed by atoms with Crippen LogP contribution in [-0.2, 0) is 5.75 Å². The number of aromatic nitrogens is 2. The van der Waals surface area contributed by atoms with Crippen molar-refractivity contribution >= 4 is 23.7 Å². The second kappa shape index (κ2) is 7.13. The Balaban J connectivity index is 2.11. The average Bonchev–Trinajstić information content (AvgIpc) is 2.53. The van der Waals surface area contributed by atoms with Crippen LogP contribution in [0, 0.1) is 0 Å². The number of nitrogens with zero attached hydrogens (tertiary/aromatic N) is 3. The van der Waals surface area contributed by atoms with E-state index in [-0.39, 0.29) is 0 Å². The van der Waals surface area contributed by atoms with Crippen LogP contribution >= 0.6 is 11.8 Å². The zero-order valence-electron chi connectivity index (χ0n) is 12.5. The molecule has 0 N–H and O–H groups in total. The molecule has 0 saturated heterocycles. The second-order valence-electron chi connectivity index (χ2n) is 4.67. The Morgan fingerprint density at radius 3 is 2.52 bits per heavy atom. The molecule has 1 aromatic carbocycles. The van der Waals surface area contributed by atoms with Crippen molar-refractivity contribution in [2.45, 2.75) is 10.9 Å². The number of hydrogen-bond donors (Lipinski definition) is 0. The minimum atomic E-state index is 0.756. The first kappa shape index (κ1) is 15.4. The summed E-state index contributed by atoms with van der Waals surface area (Å²) in [6.07, 6.45) is 1.74. The van der Waals surface area contributed by atoms with E-state index < -0.39 is 0 Å². The molecule has 0 saturated carbocycles. The van der Waals surface area contributed by atoms with E-state index in [0.717, 1.165) is 28.2 Å². The fraction of sp³-hybridized carbons (Fsp3) is 0.250. The van der Waals surface area contributed by atoms with Crippen molar-refractivity contribution in [3.63, 3.8) is 0 Å². The van der Waals surface area contributed by atoms with Gasteiger partial charge in [-0.2, -0.15) is 0 Å². The molecule has 0 aliphatic carbocycles. The molecule has 110 valence electrons. The van der Waals surface area contributed by atoms with Crippen LogP contribution in [0.25, 0.3) is 6.08 Å². The molecular formula is C16H19N3OS. The van der Waals surface area contributed by atoms with E-state index in [9.17, 15) is 0 Å². The van der Waals surface area contributed by atoms with Crippen LogP contribution in [0.1, 0.15) is 11.3 Å². The highest BCUT2D eigenvalue weighted by Crippen LogP contribution is 2.23. The van der Waals surface area contributed by atoms with Crippen LogP contribution in [0.4, 0.5) is 5.82 Å². The molecule has 1 heterocycles. The molecule has 0 radical (unpaired) electrons. The lowest BCUT2D eigenvalue weighted by molar-refractivity contribution is 0.414. The number of rotatable bonds is 6. The lowest BCUT2D eigenvalue weighted by Gasteiger charge is -2.13. The van der Waals surface area contributed by atoms with Gasteiger partial charge in [-0.05, 0) is 23.8 Å². The predicted molar refractivity (Wildman–Crippen MR) is 89.0 cm³/mol. The van der Waals surface area contributed by atoms with Crippen LogP contribution in [-0.4, -0.2) is 31.2 Å². The van der Waals surface area contributed by atoms with E-state index >= 15 is 0 Å². The minimum Gasteiger partial charge on any atom is -0.497 e. The Labute approximate surface area is 129 Å². The summed E-state index contributed by atoms with van der Waals surface area (Å²) in [5.41, 5.74) is 2.05. The van der Waals surface area contributed by atoms with E-state index in [2.05, 4.69) is 28.7 Å². The number of benzene rings is 1. The summed E-state index contributed by atoms with van der Waals surface area (Å²) in [6.45, 7) is 3.78. The molecular weight excluding hydrogens is 282 g/mol. The van der Waals surface area contributed by atoms with Crippen LogP contribution in [0.5, 0.6) is 5.75 Å². The summed E-state index contributed by atoms with van der Waals surface area (Å²) in [6, 6.07) is 9.95. The SMILES string of the molecule is C=Cc1cc(N(C)C)nc(SCc2ccc(OC)cc2)n1. The number of ether oxygens (including phenoxy) is 1. The van der Waals surface area contributed by atoms with Gasteiger partial charge in [-0.15, -0.1) is 0 Å². The largest absolute Gasteiger partial charge is 0.497 e. The van der Waals surface area contributed by atoms with Gasteiger partial charge in [0.25, 0.3) is 0 Å². The Morgan fingerprint density at radius 1 is 1.24 bits per heavy atom. The lowest BCUT2D eigenvalue weighted by atomic mass is 10.2. The Hall–Kier alpha value is -2.01. The molecule has 0 spiro atoms. The first-order chi connectivity index (χ1) is 10.1. The highest BCUT2D eigenvalue weighted by Gasteiger charge is 2.06. The molecule has 5 heteroatoms. The minimum absolute atomic E-state index is 0.756. The summed E-state index contributed by atoms with van der Waals surface area (Å²) >= 11 is 1.61. The summed E-state index contributed by atoms with van der Waals surface area (Å²) in [4.78, 5) is 11.0. The topological polar surface area (TPSA) is 38.2 Å². The Kier molecular flexibility index (Phi) is 5.22. The molecule has 4 nitrogen and oxygen atoms in total. The van der Waals surface area contributed by atoms with Gasteiger partial charge in [-0.1, -0.05) is 30.5 Å². The monoisotopic (exact) mass is 301 g/mol. The Morgan fingerprint density at radius 2 is 1.95 bits per heavy atom. The van der Waals surface area contributed by atoms with Crippen molar-refractivity contribution in [1.29, 1.82) is 0 Å². The fourth-order valence-corrected chi connectivity index (χ4v) is 2.51. The third-order valence-electron chi connectivity index (χ3n) is 2.91. The van der Waals surface area contributed by atoms with Crippen molar-refractivity contribution in [3.8, 4) is 5.75 Å². The normalized spacial score (nSPS) is 10.2. The average molecular weight is 301 g/mol. The molecule has 0 unspecified atom stereocenters. The van der Waals surface area contributed by atoms with Crippen LogP contribution < -0.4 is 9.64 Å². The van der Waals surface area contributed by atoms with Gasteiger partial charge in [0.1, 0.15) is 11.6 Å². The van der Waals surface area contributed by atoms with Gasteiger partial charge in [-0.3, -0.25) is 0 Å². The summed E-state index contributed by atoms with van der Waals surface area (Å²) in [7, 11) is 5.60. The lowest BCUT2D eigenvalue weighted by Crippen LogP contribution is -2.11. The molecule has 1 aromatic heterocycles. The van der Waals surface area contributed by atoms with Gasteiger partial charge in [0.2, 0.25) is 0 Å². The molecule has 0 aliphatic heterocycles. The van der Waals surface area contributed by atoms with Crippen molar-refractivity contribution in [2.24, 2.45) is 0 Å². The Bertz CT molecular complexity index is 611. The van der Waals surface area contributed by atoms with Crippen LogP contribution in [0.3, 0.4) is 0 Å². The maximum atomic E-state index is 5.16.